The molecule has 2 heterocycles. The van der Waals surface area contributed by atoms with Gasteiger partial charge in [0.1, 0.15) is 0 Å². The maximum atomic E-state index is 11.6. The predicted molar refractivity (Wildman–Crippen MR) is 58.8 cm³/mol. The molecule has 6 nitrogen and oxygen atoms in total. The van der Waals surface area contributed by atoms with E-state index in [1.165, 1.54) is 17.4 Å². The molecule has 0 unspecified atom stereocenters. The lowest BCUT2D eigenvalue weighted by Gasteiger charge is -2.01. The van der Waals surface area contributed by atoms with Crippen molar-refractivity contribution in [3.05, 3.63) is 39.6 Å². The molecule has 0 aliphatic rings. The highest BCUT2D eigenvalue weighted by molar-refractivity contribution is 7.13. The van der Waals surface area contributed by atoms with Gasteiger partial charge in [-0.2, -0.15) is 0 Å². The van der Waals surface area contributed by atoms with E-state index in [4.69, 9.17) is 5.11 Å². The second-order valence-electron chi connectivity index (χ2n) is 2.91. The molecule has 3 N–H and O–H groups in total. The highest BCUT2D eigenvalue weighted by atomic mass is 32.1. The van der Waals surface area contributed by atoms with Gasteiger partial charge in [0.15, 0.2) is 11.0 Å². The number of rotatable bonds is 2. The number of thiazole rings is 1. The van der Waals surface area contributed by atoms with Crippen molar-refractivity contribution in [2.24, 2.45) is 0 Å². The van der Waals surface area contributed by atoms with Gasteiger partial charge >= 0.3 is 0 Å². The quantitative estimate of drug-likeness (QED) is 0.719. The average molecular weight is 237 g/mol. The summed E-state index contributed by atoms with van der Waals surface area (Å²) in [6.07, 6.45) is 1.55. The fourth-order valence-electron chi connectivity index (χ4n) is 1.11. The smallest absolute Gasteiger partial charge is 0.257 e. The van der Waals surface area contributed by atoms with Crippen LogP contribution in [0.1, 0.15) is 10.4 Å². The van der Waals surface area contributed by atoms with Gasteiger partial charge in [0.05, 0.1) is 5.56 Å². The molecule has 0 saturated carbocycles. The minimum absolute atomic E-state index is 0.0800. The number of hydrogen-bond acceptors (Lipinski definition) is 5. The Morgan fingerprint density at radius 2 is 2.31 bits per heavy atom. The molecule has 0 aliphatic heterocycles. The number of pyridine rings is 1. The number of carbonyl (C=O) groups excluding carboxylic acids is 1. The molecule has 0 atom stereocenters. The van der Waals surface area contributed by atoms with Gasteiger partial charge in [-0.15, -0.1) is 11.3 Å². The minimum Gasteiger partial charge on any atom is -0.494 e. The number of nitrogens with one attached hydrogen (secondary N) is 2. The third-order valence-electron chi connectivity index (χ3n) is 1.75. The largest absolute Gasteiger partial charge is 0.494 e. The molecule has 0 fully saturated rings. The van der Waals surface area contributed by atoms with Crippen molar-refractivity contribution in [1.82, 2.24) is 9.97 Å². The molecule has 82 valence electrons. The van der Waals surface area contributed by atoms with Crippen LogP contribution in [0.4, 0.5) is 5.13 Å². The first-order chi connectivity index (χ1) is 7.65. The first kappa shape index (κ1) is 10.4. The van der Waals surface area contributed by atoms with E-state index in [-0.39, 0.29) is 11.4 Å². The number of hydrogen-bond donors (Lipinski definition) is 3. The van der Waals surface area contributed by atoms with Gasteiger partial charge < -0.3 is 5.11 Å². The van der Waals surface area contributed by atoms with Crippen molar-refractivity contribution in [3.8, 4) is 5.88 Å². The second-order valence-corrected chi connectivity index (χ2v) is 3.80. The van der Waals surface area contributed by atoms with E-state index in [0.717, 1.165) is 6.07 Å². The van der Waals surface area contributed by atoms with Crippen molar-refractivity contribution in [2.75, 3.05) is 5.32 Å². The summed E-state index contributed by atoms with van der Waals surface area (Å²) in [6.45, 7) is 0. The summed E-state index contributed by atoms with van der Waals surface area (Å²) in [5, 5.41) is 13.8. The Bertz CT molecular complexity index is 562. The summed E-state index contributed by atoms with van der Waals surface area (Å²) in [7, 11) is 0. The SMILES string of the molecule is O=C(Nc1nccs1)c1cc(O)[nH]c(=O)c1. The van der Waals surface area contributed by atoms with E-state index in [9.17, 15) is 9.59 Å². The van der Waals surface area contributed by atoms with Crippen LogP contribution in [0, 0.1) is 0 Å². The first-order valence-electron chi connectivity index (χ1n) is 4.29. The van der Waals surface area contributed by atoms with Crippen molar-refractivity contribution in [2.45, 2.75) is 0 Å². The van der Waals surface area contributed by atoms with Crippen LogP contribution in [0.3, 0.4) is 0 Å². The summed E-state index contributed by atoms with van der Waals surface area (Å²) < 4.78 is 0. The third-order valence-corrected chi connectivity index (χ3v) is 2.43. The minimum atomic E-state index is -0.538. The Kier molecular flexibility index (Phi) is 2.69. The first-order valence-corrected chi connectivity index (χ1v) is 5.17. The van der Waals surface area contributed by atoms with Gasteiger partial charge in [-0.25, -0.2) is 4.98 Å². The lowest BCUT2D eigenvalue weighted by Crippen LogP contribution is -2.15. The lowest BCUT2D eigenvalue weighted by molar-refractivity contribution is 0.102. The Labute approximate surface area is 93.6 Å². The second kappa shape index (κ2) is 4.15. The molecule has 0 aliphatic carbocycles. The molecule has 0 aromatic carbocycles. The zero-order valence-corrected chi connectivity index (χ0v) is 8.75. The highest BCUT2D eigenvalue weighted by Crippen LogP contribution is 2.12. The van der Waals surface area contributed by atoms with Crippen LogP contribution in [0.15, 0.2) is 28.5 Å². The van der Waals surface area contributed by atoms with Crippen LogP contribution in [0.25, 0.3) is 0 Å². The predicted octanol–water partition coefficient (Wildman–Crippen LogP) is 0.789. The zero-order chi connectivity index (χ0) is 11.5. The number of carbonyl (C=O) groups is 1. The number of aromatic amines is 1. The standard InChI is InChI=1S/C9H7N3O3S/c13-6-3-5(4-7(14)11-6)8(15)12-9-10-1-2-16-9/h1-4H,(H,10,12,15)(H2,11,13,14). The van der Waals surface area contributed by atoms with Gasteiger partial charge in [-0.05, 0) is 0 Å². The van der Waals surface area contributed by atoms with Crippen molar-refractivity contribution in [1.29, 1.82) is 0 Å². The molecule has 2 aromatic heterocycles. The van der Waals surface area contributed by atoms with E-state index in [2.05, 4.69) is 15.3 Å². The fraction of sp³-hybridized carbons (Fsp3) is 0. The number of anilines is 1. The molecule has 0 saturated heterocycles. The summed E-state index contributed by atoms with van der Waals surface area (Å²) in [5.41, 5.74) is -0.458. The number of aromatic hydroxyl groups is 1. The molecule has 1 amide bonds. The molecular weight excluding hydrogens is 230 g/mol. The van der Waals surface area contributed by atoms with Crippen LogP contribution in [0.2, 0.25) is 0 Å². The van der Waals surface area contributed by atoms with Gasteiger partial charge in [0.2, 0.25) is 0 Å². The molecule has 0 bridgehead atoms. The lowest BCUT2D eigenvalue weighted by atomic mass is 10.2. The van der Waals surface area contributed by atoms with Crippen LogP contribution in [-0.4, -0.2) is 21.0 Å². The van der Waals surface area contributed by atoms with Gasteiger partial charge in [0, 0.05) is 23.7 Å². The molecular formula is C9H7N3O3S. The Morgan fingerprint density at radius 1 is 1.50 bits per heavy atom. The van der Waals surface area contributed by atoms with Crippen LogP contribution in [-0.2, 0) is 0 Å². The number of aromatic nitrogens is 2. The fourth-order valence-corrected chi connectivity index (χ4v) is 1.64. The van der Waals surface area contributed by atoms with E-state index in [0.29, 0.717) is 5.13 Å². The molecule has 2 rings (SSSR count). The molecule has 7 heteroatoms. The third kappa shape index (κ3) is 2.26. The maximum absolute atomic E-state index is 11.6. The Balaban J connectivity index is 2.24. The van der Waals surface area contributed by atoms with E-state index in [1.54, 1.807) is 11.6 Å². The summed E-state index contributed by atoms with van der Waals surface area (Å²) >= 11 is 1.26. The summed E-state index contributed by atoms with van der Waals surface area (Å²) in [5.74, 6) is -0.840. The van der Waals surface area contributed by atoms with E-state index in [1.807, 2.05) is 0 Å². The van der Waals surface area contributed by atoms with Crippen LogP contribution >= 0.6 is 11.3 Å². The van der Waals surface area contributed by atoms with Crippen molar-refractivity contribution >= 4 is 22.4 Å². The number of amides is 1. The average Bonchev–Trinajstić information content (AvgIpc) is 2.68. The number of H-pyrrole nitrogens is 1. The Morgan fingerprint density at radius 3 is 2.94 bits per heavy atom. The molecule has 0 radical (unpaired) electrons. The summed E-state index contributed by atoms with van der Waals surface area (Å²) in [4.78, 5) is 28.6. The van der Waals surface area contributed by atoms with Gasteiger partial charge in [-0.1, -0.05) is 0 Å². The number of nitrogens with zero attached hydrogens (tertiary/aromatic N) is 1. The zero-order valence-electron chi connectivity index (χ0n) is 7.93. The maximum Gasteiger partial charge on any atom is 0.257 e. The summed E-state index contributed by atoms with van der Waals surface area (Å²) in [6, 6.07) is 2.27. The monoisotopic (exact) mass is 237 g/mol. The van der Waals surface area contributed by atoms with Gasteiger partial charge in [0.25, 0.3) is 11.5 Å². The molecule has 0 spiro atoms. The van der Waals surface area contributed by atoms with E-state index >= 15 is 0 Å². The molecule has 2 aromatic rings. The topological polar surface area (TPSA) is 95.1 Å². The Hall–Kier alpha value is -2.15. The van der Waals surface area contributed by atoms with Crippen molar-refractivity contribution < 1.29 is 9.90 Å². The van der Waals surface area contributed by atoms with E-state index < -0.39 is 11.5 Å². The van der Waals surface area contributed by atoms with Gasteiger partial charge in [-0.3, -0.25) is 19.9 Å². The highest BCUT2D eigenvalue weighted by Gasteiger charge is 2.09. The molecule has 16 heavy (non-hydrogen) atoms. The van der Waals surface area contributed by atoms with Crippen LogP contribution < -0.4 is 10.9 Å². The van der Waals surface area contributed by atoms with Crippen molar-refractivity contribution in [3.63, 3.8) is 0 Å². The van der Waals surface area contributed by atoms with Crippen LogP contribution in [0.5, 0.6) is 5.88 Å². The normalized spacial score (nSPS) is 10.0.